The fourth-order valence-corrected chi connectivity index (χ4v) is 10.8. The fraction of sp³-hybridized carbons (Fsp3) is 0.0143. The molecule has 3 aromatic heterocycles. The maximum Gasteiger partial charge on any atom is 0.238 e. The van der Waals surface area contributed by atoms with E-state index in [1.807, 2.05) is 30.4 Å². The van der Waals surface area contributed by atoms with Gasteiger partial charge in [-0.2, -0.15) is 9.97 Å². The third-order valence-electron chi connectivity index (χ3n) is 14.3. The number of hydrogen-bond acceptors (Lipinski definition) is 3. The van der Waals surface area contributed by atoms with Gasteiger partial charge in [-0.25, -0.2) is 4.98 Å². The molecule has 0 bridgehead atoms. The van der Waals surface area contributed by atoms with Crippen molar-refractivity contribution in [2.75, 3.05) is 0 Å². The first-order valence-corrected chi connectivity index (χ1v) is 25.4. The highest BCUT2D eigenvalue weighted by atomic mass is 15.2. The van der Waals surface area contributed by atoms with Crippen molar-refractivity contribution in [3.63, 3.8) is 0 Å². The summed E-state index contributed by atoms with van der Waals surface area (Å²) in [5.74, 6) is 1.66. The highest BCUT2D eigenvalue weighted by molar-refractivity contribution is 6.19. The molecule has 13 aromatic rings. The number of allylic oxidation sites excluding steroid dienone is 2. The highest BCUT2D eigenvalue weighted by Gasteiger charge is 2.27. The van der Waals surface area contributed by atoms with Crippen LogP contribution in [0.25, 0.3) is 129 Å². The van der Waals surface area contributed by atoms with Gasteiger partial charge < -0.3 is 4.57 Å². The van der Waals surface area contributed by atoms with Crippen molar-refractivity contribution >= 4 is 38.8 Å². The molecule has 0 unspecified atom stereocenters. The summed E-state index contributed by atoms with van der Waals surface area (Å²) in [6, 6.07) is 88.2. The first-order valence-electron chi connectivity index (χ1n) is 25.4. The molecule has 0 saturated carbocycles. The number of benzene rings is 10. The lowest BCUT2D eigenvalue weighted by Crippen LogP contribution is -2.08. The van der Waals surface area contributed by atoms with E-state index in [1.165, 1.54) is 5.56 Å². The van der Waals surface area contributed by atoms with Crippen LogP contribution in [0.5, 0.6) is 0 Å². The second-order valence-electron chi connectivity index (χ2n) is 18.8. The summed E-state index contributed by atoms with van der Waals surface area (Å²) in [4.78, 5) is 16.5. The van der Waals surface area contributed by atoms with Gasteiger partial charge in [0.2, 0.25) is 5.95 Å². The predicted molar refractivity (Wildman–Crippen MR) is 313 cm³/mol. The van der Waals surface area contributed by atoms with Gasteiger partial charge in [0.15, 0.2) is 11.6 Å². The van der Waals surface area contributed by atoms with Gasteiger partial charge in [0.25, 0.3) is 0 Å². The topological polar surface area (TPSA) is 48.5 Å². The minimum atomic E-state index is 0.517. The summed E-state index contributed by atoms with van der Waals surface area (Å²) in [5, 5.41) is 3.30. The quantitative estimate of drug-likeness (QED) is 0.121. The van der Waals surface area contributed by atoms with Gasteiger partial charge in [-0.3, -0.25) is 4.57 Å². The monoisotopic (exact) mass is 959 g/mol. The molecule has 0 aliphatic heterocycles. The molecule has 13 rings (SSSR count). The molecule has 5 nitrogen and oxygen atoms in total. The molecule has 0 aliphatic rings. The Kier molecular flexibility index (Phi) is 11.5. The standard InChI is InChI=1S/C70H49N5/c1-3-4-39-63-47(2)58-41-42-62-61-36-20-21-40-64(61)75(67(62)66(58)74(63)65-59(50-28-14-7-15-29-50)37-23-38-60(65)51-30-16-8-17-31-51)70-72-68(52-32-18-9-19-33-52)71-69(73-70)57-45-55(49-26-12-6-13-27-49)44-56(46-57)54-35-22-34-53(43-54)48-24-10-5-11-25-48/h3-46H,1H2,2H3/b39-4-. The van der Waals surface area contributed by atoms with Crippen molar-refractivity contribution in [3.8, 4) is 90.0 Å². The van der Waals surface area contributed by atoms with Crippen molar-refractivity contribution in [2.24, 2.45) is 0 Å². The van der Waals surface area contributed by atoms with Crippen LogP contribution in [0.15, 0.2) is 267 Å². The minimum absolute atomic E-state index is 0.517. The number of aryl methyl sites for hydroxylation is 1. The van der Waals surface area contributed by atoms with Crippen LogP contribution in [0.3, 0.4) is 0 Å². The van der Waals surface area contributed by atoms with Crippen LogP contribution in [0.1, 0.15) is 11.3 Å². The summed E-state index contributed by atoms with van der Waals surface area (Å²) in [6.07, 6.45) is 6.09. The molecule has 0 spiro atoms. The smallest absolute Gasteiger partial charge is 0.238 e. The van der Waals surface area contributed by atoms with Crippen LogP contribution < -0.4 is 0 Å². The van der Waals surface area contributed by atoms with E-state index in [0.717, 1.165) is 111 Å². The molecule has 0 N–H and O–H groups in total. The lowest BCUT2D eigenvalue weighted by atomic mass is 9.94. The van der Waals surface area contributed by atoms with Crippen molar-refractivity contribution in [2.45, 2.75) is 6.92 Å². The zero-order valence-corrected chi connectivity index (χ0v) is 41.3. The number of fused-ring (bicyclic) bond motifs is 5. The van der Waals surface area contributed by atoms with E-state index in [-0.39, 0.29) is 0 Å². The zero-order valence-electron chi connectivity index (χ0n) is 41.3. The van der Waals surface area contributed by atoms with E-state index in [1.54, 1.807) is 0 Å². The molecule has 0 atom stereocenters. The molecular weight excluding hydrogens is 911 g/mol. The first kappa shape index (κ1) is 44.9. The number of rotatable bonds is 11. The summed E-state index contributed by atoms with van der Waals surface area (Å²) in [6.45, 7) is 6.36. The molecule has 0 saturated heterocycles. The van der Waals surface area contributed by atoms with Crippen LogP contribution in [0, 0.1) is 6.92 Å². The van der Waals surface area contributed by atoms with Crippen LogP contribution in [0.4, 0.5) is 0 Å². The summed E-state index contributed by atoms with van der Waals surface area (Å²) >= 11 is 0. The van der Waals surface area contributed by atoms with Crippen molar-refractivity contribution < 1.29 is 0 Å². The second kappa shape index (κ2) is 19.2. The van der Waals surface area contributed by atoms with Crippen molar-refractivity contribution in [1.29, 1.82) is 0 Å². The lowest BCUT2D eigenvalue weighted by Gasteiger charge is -2.20. The summed E-state index contributed by atoms with van der Waals surface area (Å²) < 4.78 is 4.76. The van der Waals surface area contributed by atoms with Crippen LogP contribution in [-0.4, -0.2) is 24.1 Å². The van der Waals surface area contributed by atoms with E-state index in [0.29, 0.717) is 17.6 Å². The molecule has 0 fully saturated rings. The van der Waals surface area contributed by atoms with E-state index in [9.17, 15) is 0 Å². The van der Waals surface area contributed by atoms with Crippen LogP contribution >= 0.6 is 0 Å². The Hall–Kier alpha value is -9.97. The van der Waals surface area contributed by atoms with Gasteiger partial charge >= 0.3 is 0 Å². The maximum atomic E-state index is 5.63. The van der Waals surface area contributed by atoms with Crippen molar-refractivity contribution in [1.82, 2.24) is 24.1 Å². The number of hydrogen-bond donors (Lipinski definition) is 0. The minimum Gasteiger partial charge on any atom is -0.306 e. The third-order valence-corrected chi connectivity index (χ3v) is 14.3. The molecule has 10 aromatic carbocycles. The fourth-order valence-electron chi connectivity index (χ4n) is 10.8. The average molecular weight is 960 g/mol. The van der Waals surface area contributed by atoms with Gasteiger partial charge in [-0.05, 0) is 93.4 Å². The number of para-hydroxylation sites is 2. The summed E-state index contributed by atoms with van der Waals surface area (Å²) in [5.41, 5.74) is 19.2. The van der Waals surface area contributed by atoms with E-state index >= 15 is 0 Å². The Balaban J connectivity index is 1.14. The van der Waals surface area contributed by atoms with Crippen LogP contribution in [0.2, 0.25) is 0 Å². The predicted octanol–water partition coefficient (Wildman–Crippen LogP) is 18.1. The molecule has 0 radical (unpaired) electrons. The van der Waals surface area contributed by atoms with Crippen LogP contribution in [-0.2, 0) is 0 Å². The molecule has 0 amide bonds. The molecule has 3 heterocycles. The molecule has 5 heteroatoms. The molecule has 75 heavy (non-hydrogen) atoms. The lowest BCUT2D eigenvalue weighted by molar-refractivity contribution is 0.953. The largest absolute Gasteiger partial charge is 0.306 e. The van der Waals surface area contributed by atoms with Gasteiger partial charge in [0, 0.05) is 44.1 Å². The van der Waals surface area contributed by atoms with E-state index in [2.05, 4.69) is 259 Å². The number of aromatic nitrogens is 5. The Bertz CT molecular complexity index is 4230. The Morgan fingerprint density at radius 2 is 0.800 bits per heavy atom. The zero-order chi connectivity index (χ0) is 50.2. The van der Waals surface area contributed by atoms with E-state index < -0.39 is 0 Å². The molecule has 0 aliphatic carbocycles. The van der Waals surface area contributed by atoms with Gasteiger partial charge in [0.05, 0.1) is 22.2 Å². The van der Waals surface area contributed by atoms with Gasteiger partial charge in [0.1, 0.15) is 0 Å². The Labute approximate surface area is 436 Å². The third kappa shape index (κ3) is 8.13. The number of nitrogens with zero attached hydrogens (tertiary/aromatic N) is 5. The van der Waals surface area contributed by atoms with Gasteiger partial charge in [-0.1, -0.05) is 237 Å². The van der Waals surface area contributed by atoms with Crippen molar-refractivity contribution in [3.05, 3.63) is 279 Å². The Morgan fingerprint density at radius 3 is 1.41 bits per heavy atom. The average Bonchev–Trinajstić information content (AvgIpc) is 4.09. The maximum absolute atomic E-state index is 5.63. The highest BCUT2D eigenvalue weighted by Crippen LogP contribution is 2.45. The SMILES string of the molecule is C=C/C=C\c1c(C)c2ccc3c4ccccc4n(-c4nc(-c5ccccc5)nc(-c5cc(-c6ccccc6)cc(-c6cccc(-c7ccccc7)c6)c5)n4)c3c2n1-c1c(-c2ccccc2)cccc1-c1ccccc1. The second-order valence-corrected chi connectivity index (χ2v) is 18.8. The normalized spacial score (nSPS) is 11.5. The first-order chi connectivity index (χ1) is 37.1. The molecule has 354 valence electrons. The Morgan fingerprint density at radius 1 is 0.360 bits per heavy atom. The van der Waals surface area contributed by atoms with Gasteiger partial charge in [-0.15, -0.1) is 0 Å². The summed E-state index contributed by atoms with van der Waals surface area (Å²) in [7, 11) is 0. The van der Waals surface area contributed by atoms with E-state index in [4.69, 9.17) is 15.0 Å². The molecular formula is C70H49N5.